The van der Waals surface area contributed by atoms with Crippen LogP contribution in [0.2, 0.25) is 0 Å². The lowest BCUT2D eigenvalue weighted by Gasteiger charge is -2.17. The topological polar surface area (TPSA) is 158 Å². The fourth-order valence-electron chi connectivity index (χ4n) is 3.16. The maximum atomic E-state index is 12.3. The Hall–Kier alpha value is -3.05. The van der Waals surface area contributed by atoms with Crippen molar-refractivity contribution in [2.45, 2.75) is 11.3 Å². The third kappa shape index (κ3) is 5.40. The molecule has 0 aliphatic rings. The van der Waals surface area contributed by atoms with Gasteiger partial charge in [0.15, 0.2) is 0 Å². The van der Waals surface area contributed by atoms with Gasteiger partial charge in [0.25, 0.3) is 5.91 Å². The third-order valence-corrected chi connectivity index (χ3v) is 6.17. The normalized spacial score (nSPS) is 11.2. The lowest BCUT2D eigenvalue weighted by molar-refractivity contribution is -0.116. The first-order valence-corrected chi connectivity index (χ1v) is 11.8. The van der Waals surface area contributed by atoms with Crippen molar-refractivity contribution in [3.63, 3.8) is 0 Å². The van der Waals surface area contributed by atoms with Gasteiger partial charge in [0.1, 0.15) is 0 Å². The van der Waals surface area contributed by atoms with E-state index in [2.05, 4.69) is 21.2 Å². The Morgan fingerprint density at radius 3 is 2.03 bits per heavy atom. The second-order valence-corrected chi connectivity index (χ2v) is 9.45. The van der Waals surface area contributed by atoms with E-state index in [0.29, 0.717) is 16.7 Å². The van der Waals surface area contributed by atoms with E-state index in [1.54, 1.807) is 24.3 Å². The molecule has 0 heterocycles. The Bertz CT molecular complexity index is 1270. The first-order chi connectivity index (χ1) is 15.1. The predicted molar refractivity (Wildman–Crippen MR) is 127 cm³/mol. The lowest BCUT2D eigenvalue weighted by atomic mass is 9.93. The maximum Gasteiger partial charge on any atom is 0.250 e. The highest BCUT2D eigenvalue weighted by Crippen LogP contribution is 2.37. The Balaban J connectivity index is 2.25. The van der Waals surface area contributed by atoms with E-state index >= 15 is 0 Å². The molecule has 0 aliphatic heterocycles. The van der Waals surface area contributed by atoms with Crippen LogP contribution in [0.15, 0.2) is 70.0 Å². The van der Waals surface area contributed by atoms with Crippen LogP contribution in [0.5, 0.6) is 0 Å². The minimum absolute atomic E-state index is 0.0520. The van der Waals surface area contributed by atoms with E-state index < -0.39 is 15.9 Å². The van der Waals surface area contributed by atoms with Crippen molar-refractivity contribution in [1.82, 2.24) is 0 Å². The highest BCUT2D eigenvalue weighted by Gasteiger charge is 2.19. The molecule has 3 aromatic carbocycles. The molecule has 0 spiro atoms. The lowest BCUT2D eigenvalue weighted by Crippen LogP contribution is -2.21. The molecule has 0 atom stereocenters. The summed E-state index contributed by atoms with van der Waals surface area (Å²) in [7, 11) is -3.88. The van der Waals surface area contributed by atoms with Gasteiger partial charge in [0.05, 0.1) is 16.1 Å². The second-order valence-electron chi connectivity index (χ2n) is 6.97. The quantitative estimate of drug-likeness (QED) is 0.379. The van der Waals surface area contributed by atoms with Gasteiger partial charge in [-0.2, -0.15) is 0 Å². The predicted octanol–water partition coefficient (Wildman–Crippen LogP) is 2.82. The van der Waals surface area contributed by atoms with Crippen LogP contribution in [0.3, 0.4) is 0 Å². The van der Waals surface area contributed by atoms with Crippen LogP contribution in [-0.4, -0.2) is 26.8 Å². The van der Waals surface area contributed by atoms with Crippen molar-refractivity contribution in [3.8, 4) is 22.3 Å². The molecule has 3 aromatic rings. The van der Waals surface area contributed by atoms with Crippen LogP contribution in [0.25, 0.3) is 22.3 Å². The van der Waals surface area contributed by atoms with Crippen molar-refractivity contribution in [2.75, 3.05) is 11.9 Å². The number of primary amides is 1. The number of hydrogen-bond acceptors (Lipinski definition) is 5. The summed E-state index contributed by atoms with van der Waals surface area (Å²) in [6, 6.07) is 16.6. The Morgan fingerprint density at radius 2 is 1.50 bits per heavy atom. The summed E-state index contributed by atoms with van der Waals surface area (Å²) in [5.74, 6) is -1.11. The van der Waals surface area contributed by atoms with Crippen molar-refractivity contribution in [2.24, 2.45) is 16.6 Å². The fraction of sp³-hybridized carbons (Fsp3) is 0.0909. The number of sulfonamides is 1. The summed E-state index contributed by atoms with van der Waals surface area (Å²) >= 11 is 3.39. The second kappa shape index (κ2) is 9.61. The van der Waals surface area contributed by atoms with E-state index in [9.17, 15) is 18.0 Å². The number of primary sulfonamides is 1. The summed E-state index contributed by atoms with van der Waals surface area (Å²) in [5, 5.41) is 7.91. The molecule has 0 fully saturated rings. The molecule has 32 heavy (non-hydrogen) atoms. The molecule has 10 heteroatoms. The molecular weight excluding hydrogens is 496 g/mol. The monoisotopic (exact) mass is 516 g/mol. The van der Waals surface area contributed by atoms with E-state index in [4.69, 9.17) is 16.6 Å². The Kier molecular flexibility index (Phi) is 7.09. The largest absolute Gasteiger partial charge is 0.366 e. The van der Waals surface area contributed by atoms with Crippen molar-refractivity contribution in [1.29, 1.82) is 0 Å². The molecule has 3 rings (SSSR count). The number of hydrogen-bond donors (Lipinski definition) is 4. The molecule has 0 aliphatic carbocycles. The first-order valence-electron chi connectivity index (χ1n) is 9.47. The zero-order valence-electron chi connectivity index (χ0n) is 16.8. The van der Waals surface area contributed by atoms with E-state index in [-0.39, 0.29) is 35.0 Å². The average molecular weight is 517 g/mol. The molecule has 0 bridgehead atoms. The van der Waals surface area contributed by atoms with Crippen LogP contribution >= 0.6 is 15.9 Å². The van der Waals surface area contributed by atoms with Gasteiger partial charge in [-0.1, -0.05) is 40.2 Å². The Morgan fingerprint density at radius 1 is 0.906 bits per heavy atom. The molecular formula is C22H21BrN4O4S. The number of nitrogens with one attached hydrogen (secondary N) is 1. The van der Waals surface area contributed by atoms with Gasteiger partial charge in [-0.15, -0.1) is 0 Å². The molecule has 0 unspecified atom stereocenters. The summed E-state index contributed by atoms with van der Waals surface area (Å²) in [6.45, 7) is 0.132. The summed E-state index contributed by atoms with van der Waals surface area (Å²) in [4.78, 5) is 24.6. The molecule has 0 radical (unpaired) electrons. The number of benzene rings is 3. The maximum absolute atomic E-state index is 12.3. The minimum Gasteiger partial charge on any atom is -0.366 e. The van der Waals surface area contributed by atoms with Crippen LogP contribution in [0.1, 0.15) is 16.8 Å². The van der Waals surface area contributed by atoms with Crippen LogP contribution in [-0.2, 0) is 14.8 Å². The van der Waals surface area contributed by atoms with Gasteiger partial charge in [-0.05, 0) is 53.1 Å². The average Bonchev–Trinajstić information content (AvgIpc) is 2.74. The molecule has 8 nitrogen and oxygen atoms in total. The smallest absolute Gasteiger partial charge is 0.250 e. The molecule has 7 N–H and O–H groups in total. The number of nitrogens with two attached hydrogens (primary N) is 3. The van der Waals surface area contributed by atoms with Crippen molar-refractivity contribution < 1.29 is 18.0 Å². The van der Waals surface area contributed by atoms with Gasteiger partial charge < -0.3 is 16.8 Å². The van der Waals surface area contributed by atoms with E-state index in [1.165, 1.54) is 12.1 Å². The van der Waals surface area contributed by atoms with Gasteiger partial charge >= 0.3 is 0 Å². The van der Waals surface area contributed by atoms with Crippen molar-refractivity contribution in [3.05, 3.63) is 70.7 Å². The van der Waals surface area contributed by atoms with Crippen LogP contribution < -0.4 is 21.9 Å². The zero-order chi connectivity index (χ0) is 23.5. The third-order valence-electron chi connectivity index (χ3n) is 4.71. The molecule has 166 valence electrons. The number of anilines is 1. The van der Waals surface area contributed by atoms with Crippen molar-refractivity contribution >= 4 is 43.5 Å². The number of amides is 2. The molecule has 0 aromatic heterocycles. The first kappa shape index (κ1) is 23.6. The van der Waals surface area contributed by atoms with Gasteiger partial charge in [-0.25, -0.2) is 13.6 Å². The molecule has 0 saturated heterocycles. The minimum atomic E-state index is -3.88. The van der Waals surface area contributed by atoms with E-state index in [1.807, 2.05) is 24.3 Å². The molecule has 0 saturated carbocycles. The standard InChI is InChI=1S/C22H21BrN4O4S/c23-16-5-1-13(2-6-16)15-11-18(14-3-7-17(8-4-14)32(26,30)31)21(19(12-15)22(25)29)27-20(28)9-10-24/h1-8,11-12H,9-10,24H2,(H2,25,29)(H,27,28)(H2,26,30,31). The van der Waals surface area contributed by atoms with Gasteiger partial charge in [0, 0.05) is 23.0 Å². The number of halogens is 1. The number of carbonyl (C=O) groups excluding carboxylic acids is 2. The van der Waals surface area contributed by atoms with Gasteiger partial charge in [0.2, 0.25) is 15.9 Å². The summed E-state index contributed by atoms with van der Waals surface area (Å²) in [5.41, 5.74) is 14.0. The fourth-order valence-corrected chi connectivity index (χ4v) is 3.94. The molecule has 2 amide bonds. The highest BCUT2D eigenvalue weighted by atomic mass is 79.9. The van der Waals surface area contributed by atoms with Crippen LogP contribution in [0, 0.1) is 0 Å². The SMILES string of the molecule is NCCC(=O)Nc1c(C(N)=O)cc(-c2ccc(Br)cc2)cc1-c1ccc(S(N)(=O)=O)cc1. The number of carbonyl (C=O) groups is 2. The van der Waals surface area contributed by atoms with Crippen LogP contribution in [0.4, 0.5) is 5.69 Å². The zero-order valence-corrected chi connectivity index (χ0v) is 19.2. The summed E-state index contributed by atoms with van der Waals surface area (Å²) in [6.07, 6.45) is 0.0520. The summed E-state index contributed by atoms with van der Waals surface area (Å²) < 4.78 is 24.1. The van der Waals surface area contributed by atoms with E-state index in [0.717, 1.165) is 10.0 Å². The Labute approximate surface area is 194 Å². The number of rotatable bonds is 7. The van der Waals surface area contributed by atoms with Gasteiger partial charge in [-0.3, -0.25) is 9.59 Å². The highest BCUT2D eigenvalue weighted by molar-refractivity contribution is 9.10.